The molecule has 1 fully saturated rings. The largest absolute Gasteiger partial charge is 0.481 e. The second-order valence-electron chi connectivity index (χ2n) is 7.45. The molecular weight excluding hydrogens is 366 g/mol. The number of nitrogens with one attached hydrogen (secondary N) is 1. The number of hydrogen-bond acceptors (Lipinski definition) is 5. The summed E-state index contributed by atoms with van der Waals surface area (Å²) >= 11 is 1.54. The minimum Gasteiger partial charge on any atom is -0.481 e. The number of aliphatic carboxylic acids is 1. The average Bonchev–Trinajstić information content (AvgIpc) is 2.99. The average molecular weight is 394 g/mol. The van der Waals surface area contributed by atoms with Crippen LogP contribution >= 0.6 is 11.8 Å². The van der Waals surface area contributed by atoms with E-state index < -0.39 is 17.8 Å². The van der Waals surface area contributed by atoms with Gasteiger partial charge in [-0.25, -0.2) is 4.79 Å². The Morgan fingerprint density at radius 3 is 2.70 bits per heavy atom. The highest BCUT2D eigenvalue weighted by Gasteiger charge is 2.43. The number of thioether (sulfide) groups is 1. The first-order valence-electron chi connectivity index (χ1n) is 9.72. The van der Waals surface area contributed by atoms with E-state index in [9.17, 15) is 19.5 Å². The second kappa shape index (κ2) is 8.50. The summed E-state index contributed by atoms with van der Waals surface area (Å²) in [7, 11) is 0. The maximum Gasteiger partial charge on any atom is 0.336 e. The van der Waals surface area contributed by atoms with Crippen LogP contribution in [0.15, 0.2) is 22.3 Å². The van der Waals surface area contributed by atoms with Crippen molar-refractivity contribution < 1.29 is 24.2 Å². The van der Waals surface area contributed by atoms with Gasteiger partial charge < -0.3 is 15.2 Å². The van der Waals surface area contributed by atoms with Crippen LogP contribution in [0.3, 0.4) is 0 Å². The first kappa shape index (κ1) is 20.0. The van der Waals surface area contributed by atoms with Gasteiger partial charge in [-0.05, 0) is 39.5 Å². The zero-order valence-electron chi connectivity index (χ0n) is 15.8. The molecule has 2 aliphatic carbocycles. The maximum atomic E-state index is 12.9. The lowest BCUT2D eigenvalue weighted by atomic mass is 9.78. The molecular formula is C20H27NO5S. The van der Waals surface area contributed by atoms with Crippen LogP contribution in [-0.2, 0) is 19.1 Å². The number of amides is 1. The molecule has 7 heteroatoms. The van der Waals surface area contributed by atoms with Gasteiger partial charge in [-0.2, -0.15) is 0 Å². The Hall–Kier alpha value is -1.76. The van der Waals surface area contributed by atoms with Gasteiger partial charge in [0.2, 0.25) is 5.91 Å². The van der Waals surface area contributed by atoms with E-state index in [2.05, 4.69) is 5.32 Å². The molecule has 0 radical (unpaired) electrons. The third-order valence-corrected chi connectivity index (χ3v) is 7.18. The highest BCUT2D eigenvalue weighted by molar-refractivity contribution is 8.04. The molecule has 0 unspecified atom stereocenters. The first-order valence-corrected chi connectivity index (χ1v) is 10.6. The first-order chi connectivity index (χ1) is 12.9. The number of ether oxygens (including phenoxy) is 1. The van der Waals surface area contributed by atoms with E-state index in [0.717, 1.165) is 31.3 Å². The lowest BCUT2D eigenvalue weighted by molar-refractivity contribution is -0.146. The van der Waals surface area contributed by atoms with E-state index in [-0.39, 0.29) is 23.0 Å². The van der Waals surface area contributed by atoms with Gasteiger partial charge in [-0.1, -0.05) is 24.5 Å². The molecule has 0 aromatic rings. The number of carbonyl (C=O) groups excluding carboxylic acids is 2. The molecule has 0 aromatic heterocycles. The van der Waals surface area contributed by atoms with Crippen LogP contribution < -0.4 is 5.32 Å². The van der Waals surface area contributed by atoms with Gasteiger partial charge in [0.15, 0.2) is 0 Å². The molecule has 1 saturated carbocycles. The number of rotatable bonds is 5. The summed E-state index contributed by atoms with van der Waals surface area (Å²) in [5.41, 5.74) is 1.30. The topological polar surface area (TPSA) is 92.7 Å². The molecule has 1 aliphatic heterocycles. The highest BCUT2D eigenvalue weighted by atomic mass is 32.2. The van der Waals surface area contributed by atoms with E-state index in [4.69, 9.17) is 4.74 Å². The van der Waals surface area contributed by atoms with Crippen molar-refractivity contribution in [1.29, 1.82) is 0 Å². The predicted octanol–water partition coefficient (Wildman–Crippen LogP) is 3.24. The Labute approximate surface area is 163 Å². The molecule has 148 valence electrons. The minimum absolute atomic E-state index is 0.112. The fourth-order valence-electron chi connectivity index (χ4n) is 4.46. The van der Waals surface area contributed by atoms with E-state index >= 15 is 0 Å². The number of hydrogen-bond donors (Lipinski definition) is 2. The normalized spacial score (nSPS) is 30.4. The molecule has 3 rings (SSSR count). The smallest absolute Gasteiger partial charge is 0.336 e. The Bertz CT molecular complexity index is 698. The number of carboxylic acid groups (broad SMARTS) is 1. The number of esters is 1. The standard InChI is InChI=1S/C20H27NO5S/c1-3-26-20(25)16-12-8-4-5-10-14(12)27-18(16)21-17(22)13-9-6-7-11(2)15(13)19(23)24/h7,12-15H,3-6,8-10H2,1-2H3,(H,21,22)(H,23,24)/t12-,13+,14+,15-/m0/s1. The van der Waals surface area contributed by atoms with Crippen LogP contribution in [0.25, 0.3) is 0 Å². The number of allylic oxidation sites excluding steroid dienone is 1. The fourth-order valence-corrected chi connectivity index (χ4v) is 6.00. The summed E-state index contributed by atoms with van der Waals surface area (Å²) in [4.78, 5) is 37.2. The molecule has 0 aromatic carbocycles. The van der Waals surface area contributed by atoms with Gasteiger partial charge in [0, 0.05) is 11.2 Å². The molecule has 1 amide bonds. The summed E-state index contributed by atoms with van der Waals surface area (Å²) in [5.74, 6) is -2.95. The van der Waals surface area contributed by atoms with Gasteiger partial charge in [-0.3, -0.25) is 9.59 Å². The predicted molar refractivity (Wildman–Crippen MR) is 103 cm³/mol. The lowest BCUT2D eigenvalue weighted by Crippen LogP contribution is -2.39. The van der Waals surface area contributed by atoms with E-state index in [1.165, 1.54) is 0 Å². The van der Waals surface area contributed by atoms with Gasteiger partial charge in [-0.15, -0.1) is 11.8 Å². The van der Waals surface area contributed by atoms with Crippen molar-refractivity contribution >= 4 is 29.6 Å². The van der Waals surface area contributed by atoms with Gasteiger partial charge in [0.25, 0.3) is 0 Å². The van der Waals surface area contributed by atoms with E-state index in [1.807, 2.05) is 6.08 Å². The van der Waals surface area contributed by atoms with Gasteiger partial charge in [0.05, 0.1) is 29.0 Å². The molecule has 0 bridgehead atoms. The molecule has 2 N–H and O–H groups in total. The third kappa shape index (κ3) is 4.08. The number of fused-ring (bicyclic) bond motifs is 1. The van der Waals surface area contributed by atoms with Crippen LogP contribution in [-0.4, -0.2) is 34.8 Å². The molecule has 3 aliphatic rings. The zero-order valence-corrected chi connectivity index (χ0v) is 16.6. The monoisotopic (exact) mass is 393 g/mol. The second-order valence-corrected chi connectivity index (χ2v) is 8.70. The molecule has 0 spiro atoms. The van der Waals surface area contributed by atoms with Crippen molar-refractivity contribution in [2.45, 2.75) is 57.6 Å². The summed E-state index contributed by atoms with van der Waals surface area (Å²) in [5, 5.41) is 13.3. The number of carboxylic acids is 1. The molecule has 27 heavy (non-hydrogen) atoms. The summed E-state index contributed by atoms with van der Waals surface area (Å²) in [6, 6.07) is 0. The Kier molecular flexibility index (Phi) is 6.29. The van der Waals surface area contributed by atoms with E-state index in [1.54, 1.807) is 25.6 Å². The Morgan fingerprint density at radius 1 is 1.26 bits per heavy atom. The Balaban J connectivity index is 1.83. The van der Waals surface area contributed by atoms with Crippen LogP contribution in [0.5, 0.6) is 0 Å². The lowest BCUT2D eigenvalue weighted by Gasteiger charge is -2.27. The molecule has 4 atom stereocenters. The van der Waals surface area contributed by atoms with Crippen LogP contribution in [0.2, 0.25) is 0 Å². The van der Waals surface area contributed by atoms with Crippen molar-refractivity contribution in [3.05, 3.63) is 22.3 Å². The van der Waals surface area contributed by atoms with Crippen molar-refractivity contribution in [3.8, 4) is 0 Å². The van der Waals surface area contributed by atoms with Crippen molar-refractivity contribution in [2.75, 3.05) is 6.61 Å². The molecule has 0 saturated heterocycles. The fraction of sp³-hybridized carbons (Fsp3) is 0.650. The zero-order chi connectivity index (χ0) is 19.6. The minimum atomic E-state index is -0.976. The van der Waals surface area contributed by atoms with Gasteiger partial charge in [0.1, 0.15) is 0 Å². The van der Waals surface area contributed by atoms with E-state index in [0.29, 0.717) is 30.1 Å². The Morgan fingerprint density at radius 2 is 2.00 bits per heavy atom. The maximum absolute atomic E-state index is 12.9. The third-order valence-electron chi connectivity index (χ3n) is 5.76. The molecule has 6 nitrogen and oxygen atoms in total. The van der Waals surface area contributed by atoms with Crippen molar-refractivity contribution in [2.24, 2.45) is 17.8 Å². The van der Waals surface area contributed by atoms with Gasteiger partial charge >= 0.3 is 11.9 Å². The summed E-state index contributed by atoms with van der Waals surface area (Å²) in [6.07, 6.45) is 7.22. The van der Waals surface area contributed by atoms with Crippen molar-refractivity contribution in [3.63, 3.8) is 0 Å². The summed E-state index contributed by atoms with van der Waals surface area (Å²) in [6.45, 7) is 3.82. The van der Waals surface area contributed by atoms with Crippen molar-refractivity contribution in [1.82, 2.24) is 5.32 Å². The summed E-state index contributed by atoms with van der Waals surface area (Å²) < 4.78 is 5.24. The van der Waals surface area contributed by atoms with Crippen LogP contribution in [0.1, 0.15) is 52.4 Å². The van der Waals surface area contributed by atoms with Crippen LogP contribution in [0.4, 0.5) is 0 Å². The molecule has 1 heterocycles. The quantitative estimate of drug-likeness (QED) is 0.550. The SMILES string of the molecule is CCOC(=O)C1=C(NC(=O)[C@@H]2CCC=C(C)[C@@H]2C(=O)O)S[C@@H]2CCCC[C@H]12. The van der Waals surface area contributed by atoms with Crippen LogP contribution in [0, 0.1) is 17.8 Å². The highest BCUT2D eigenvalue weighted by Crippen LogP contribution is 2.48. The number of carbonyl (C=O) groups is 3.